The molecule has 0 fully saturated rings. The van der Waals surface area contributed by atoms with Crippen molar-refractivity contribution in [3.05, 3.63) is 70.6 Å². The molecule has 0 aliphatic carbocycles. The highest BCUT2D eigenvalue weighted by Gasteiger charge is 2.06. The van der Waals surface area contributed by atoms with Crippen molar-refractivity contribution in [2.24, 2.45) is 0 Å². The summed E-state index contributed by atoms with van der Waals surface area (Å²) in [5.41, 5.74) is 3.41. The number of aromatic amines is 1. The molecule has 3 aromatic rings. The number of nitrogens with one attached hydrogen (secondary N) is 1. The maximum atomic E-state index is 11.9. The van der Waals surface area contributed by atoms with Gasteiger partial charge in [0, 0.05) is 23.7 Å². The lowest BCUT2D eigenvalue weighted by Crippen LogP contribution is -2.10. The Kier molecular flexibility index (Phi) is 3.59. The average Bonchev–Trinajstić information content (AvgIpc) is 2.48. The number of H-pyrrole nitrogens is 1. The zero-order valence-electron chi connectivity index (χ0n) is 12.3. The molecule has 3 nitrogen and oxygen atoms in total. The number of rotatable bonds is 3. The molecular weight excluding hydrogens is 260 g/mol. The number of hydrogen-bond donors (Lipinski definition) is 1. The van der Waals surface area contributed by atoms with Crippen LogP contribution in [0.5, 0.6) is 0 Å². The SMILES string of the molecule is CN(C)Cc1ccc(-c2c[nH]c(=O)c3ccccc23)cc1. The van der Waals surface area contributed by atoms with Gasteiger partial charge in [0.1, 0.15) is 0 Å². The predicted octanol–water partition coefficient (Wildman–Crippen LogP) is 3.26. The van der Waals surface area contributed by atoms with Gasteiger partial charge in [-0.1, -0.05) is 42.5 Å². The van der Waals surface area contributed by atoms with E-state index in [1.807, 2.05) is 24.3 Å². The van der Waals surface area contributed by atoms with Crippen LogP contribution < -0.4 is 5.56 Å². The summed E-state index contributed by atoms with van der Waals surface area (Å²) < 4.78 is 0. The third kappa shape index (κ3) is 2.73. The normalized spacial score (nSPS) is 11.2. The van der Waals surface area contributed by atoms with Crippen LogP contribution in [0.3, 0.4) is 0 Å². The van der Waals surface area contributed by atoms with Gasteiger partial charge < -0.3 is 9.88 Å². The van der Waals surface area contributed by atoms with Crippen molar-refractivity contribution >= 4 is 10.8 Å². The van der Waals surface area contributed by atoms with Crippen molar-refractivity contribution in [2.45, 2.75) is 6.54 Å². The zero-order chi connectivity index (χ0) is 14.8. The zero-order valence-corrected chi connectivity index (χ0v) is 12.3. The van der Waals surface area contributed by atoms with E-state index in [0.29, 0.717) is 0 Å². The molecule has 0 saturated carbocycles. The summed E-state index contributed by atoms with van der Waals surface area (Å²) in [5.74, 6) is 0. The number of pyridine rings is 1. The first-order chi connectivity index (χ1) is 10.1. The Bertz CT molecular complexity index is 816. The standard InChI is InChI=1S/C18H18N2O/c1-20(2)12-13-7-9-14(10-8-13)17-11-19-18(21)16-6-4-3-5-15(16)17/h3-11H,12H2,1-2H3,(H,19,21). The fourth-order valence-electron chi connectivity index (χ4n) is 2.60. The second-order valence-electron chi connectivity index (χ2n) is 5.51. The van der Waals surface area contributed by atoms with Crippen LogP contribution in [0, 0.1) is 0 Å². The predicted molar refractivity (Wildman–Crippen MR) is 87.4 cm³/mol. The number of aromatic nitrogens is 1. The molecule has 0 atom stereocenters. The monoisotopic (exact) mass is 278 g/mol. The van der Waals surface area contributed by atoms with Crippen molar-refractivity contribution in [1.29, 1.82) is 0 Å². The summed E-state index contributed by atoms with van der Waals surface area (Å²) in [5, 5.41) is 1.72. The van der Waals surface area contributed by atoms with E-state index < -0.39 is 0 Å². The first-order valence-corrected chi connectivity index (χ1v) is 6.99. The molecule has 3 heteroatoms. The molecule has 0 aliphatic heterocycles. The smallest absolute Gasteiger partial charge is 0.255 e. The van der Waals surface area contributed by atoms with Gasteiger partial charge in [0.25, 0.3) is 5.56 Å². The molecule has 0 spiro atoms. The highest BCUT2D eigenvalue weighted by Crippen LogP contribution is 2.26. The van der Waals surface area contributed by atoms with Crippen molar-refractivity contribution in [3.63, 3.8) is 0 Å². The van der Waals surface area contributed by atoms with E-state index in [4.69, 9.17) is 0 Å². The Labute approximate surface area is 123 Å². The van der Waals surface area contributed by atoms with Gasteiger partial charge in [-0.25, -0.2) is 0 Å². The molecule has 0 bridgehead atoms. The molecule has 0 saturated heterocycles. The maximum Gasteiger partial charge on any atom is 0.255 e. The largest absolute Gasteiger partial charge is 0.328 e. The minimum Gasteiger partial charge on any atom is -0.328 e. The maximum absolute atomic E-state index is 11.9. The van der Waals surface area contributed by atoms with Gasteiger partial charge in [-0.3, -0.25) is 4.79 Å². The average molecular weight is 278 g/mol. The van der Waals surface area contributed by atoms with Crippen LogP contribution in [0.25, 0.3) is 21.9 Å². The van der Waals surface area contributed by atoms with E-state index in [0.717, 1.165) is 28.4 Å². The number of fused-ring (bicyclic) bond motifs is 1. The summed E-state index contributed by atoms with van der Waals surface area (Å²) in [6.07, 6.45) is 1.80. The van der Waals surface area contributed by atoms with Crippen LogP contribution in [0.2, 0.25) is 0 Å². The molecule has 1 aromatic heterocycles. The Balaban J connectivity index is 2.08. The van der Waals surface area contributed by atoms with Gasteiger partial charge in [-0.15, -0.1) is 0 Å². The van der Waals surface area contributed by atoms with E-state index >= 15 is 0 Å². The van der Waals surface area contributed by atoms with Crippen LogP contribution in [-0.2, 0) is 6.54 Å². The summed E-state index contributed by atoms with van der Waals surface area (Å²) in [4.78, 5) is 16.8. The second-order valence-corrected chi connectivity index (χ2v) is 5.51. The first kappa shape index (κ1) is 13.6. The van der Waals surface area contributed by atoms with E-state index in [1.165, 1.54) is 5.56 Å². The van der Waals surface area contributed by atoms with E-state index in [2.05, 4.69) is 48.2 Å². The topological polar surface area (TPSA) is 36.1 Å². The molecule has 2 aromatic carbocycles. The van der Waals surface area contributed by atoms with Crippen LogP contribution in [-0.4, -0.2) is 24.0 Å². The quantitative estimate of drug-likeness (QED) is 0.798. The van der Waals surface area contributed by atoms with Gasteiger partial charge in [0.05, 0.1) is 0 Å². The van der Waals surface area contributed by atoms with Crippen LogP contribution in [0.15, 0.2) is 59.5 Å². The third-order valence-electron chi connectivity index (χ3n) is 3.57. The van der Waals surface area contributed by atoms with Crippen LogP contribution in [0.1, 0.15) is 5.56 Å². The molecule has 1 heterocycles. The molecule has 0 unspecified atom stereocenters. The van der Waals surface area contributed by atoms with Crippen molar-refractivity contribution < 1.29 is 0 Å². The molecule has 0 radical (unpaired) electrons. The summed E-state index contributed by atoms with van der Waals surface area (Å²) in [6.45, 7) is 0.923. The van der Waals surface area contributed by atoms with Crippen LogP contribution in [0.4, 0.5) is 0 Å². The fraction of sp³-hybridized carbons (Fsp3) is 0.167. The number of nitrogens with zero attached hydrogens (tertiary/aromatic N) is 1. The third-order valence-corrected chi connectivity index (χ3v) is 3.57. The summed E-state index contributed by atoms with van der Waals surface area (Å²) in [6, 6.07) is 16.2. The lowest BCUT2D eigenvalue weighted by molar-refractivity contribution is 0.402. The molecule has 21 heavy (non-hydrogen) atoms. The van der Waals surface area contributed by atoms with Gasteiger partial charge in [0.2, 0.25) is 0 Å². The fourth-order valence-corrected chi connectivity index (χ4v) is 2.60. The Morgan fingerprint density at radius 3 is 2.29 bits per heavy atom. The highest BCUT2D eigenvalue weighted by atomic mass is 16.1. The molecule has 3 rings (SSSR count). The molecule has 0 aliphatic rings. The summed E-state index contributed by atoms with van der Waals surface area (Å²) >= 11 is 0. The van der Waals surface area contributed by atoms with E-state index in [9.17, 15) is 4.79 Å². The second kappa shape index (κ2) is 5.54. The first-order valence-electron chi connectivity index (χ1n) is 6.99. The minimum atomic E-state index is -0.0430. The van der Waals surface area contributed by atoms with E-state index in [1.54, 1.807) is 6.20 Å². The Hall–Kier alpha value is -2.39. The molecule has 106 valence electrons. The lowest BCUT2D eigenvalue weighted by atomic mass is 10.00. The Morgan fingerprint density at radius 1 is 0.952 bits per heavy atom. The minimum absolute atomic E-state index is 0.0430. The summed E-state index contributed by atoms with van der Waals surface area (Å²) in [7, 11) is 4.12. The highest BCUT2D eigenvalue weighted by molar-refractivity contribution is 5.95. The van der Waals surface area contributed by atoms with Crippen molar-refractivity contribution in [3.8, 4) is 11.1 Å². The van der Waals surface area contributed by atoms with E-state index in [-0.39, 0.29) is 5.56 Å². The molecule has 1 N–H and O–H groups in total. The van der Waals surface area contributed by atoms with Crippen molar-refractivity contribution in [2.75, 3.05) is 14.1 Å². The Morgan fingerprint density at radius 2 is 1.62 bits per heavy atom. The molecule has 0 amide bonds. The van der Waals surface area contributed by atoms with Gasteiger partial charge in [0.15, 0.2) is 0 Å². The van der Waals surface area contributed by atoms with Crippen LogP contribution >= 0.6 is 0 Å². The number of benzene rings is 2. The number of hydrogen-bond acceptors (Lipinski definition) is 2. The lowest BCUT2D eigenvalue weighted by Gasteiger charge is -2.11. The molecular formula is C18H18N2O. The van der Waals surface area contributed by atoms with Gasteiger partial charge in [-0.2, -0.15) is 0 Å². The van der Waals surface area contributed by atoms with Gasteiger partial charge in [-0.05, 0) is 36.7 Å². The van der Waals surface area contributed by atoms with Gasteiger partial charge >= 0.3 is 0 Å². The van der Waals surface area contributed by atoms with Crippen molar-refractivity contribution in [1.82, 2.24) is 9.88 Å².